The van der Waals surface area contributed by atoms with E-state index in [0.29, 0.717) is 10.6 Å². The molecule has 0 aliphatic carbocycles. The third-order valence-electron chi connectivity index (χ3n) is 4.01. The predicted octanol–water partition coefficient (Wildman–Crippen LogP) is 6.14. The molecule has 1 aliphatic rings. The van der Waals surface area contributed by atoms with Gasteiger partial charge in [0.1, 0.15) is 5.75 Å². The first-order valence-electron chi connectivity index (χ1n) is 7.41. The Bertz CT molecular complexity index is 576. The Labute approximate surface area is 134 Å². The molecular weight excluding hydrogens is 313 g/mol. The molecule has 122 valence electrons. The zero-order chi connectivity index (χ0) is 16.5. The van der Waals surface area contributed by atoms with E-state index in [4.69, 9.17) is 16.3 Å². The Morgan fingerprint density at radius 3 is 2.50 bits per heavy atom. The van der Waals surface area contributed by atoms with Crippen LogP contribution in [0.4, 0.5) is 13.2 Å². The van der Waals surface area contributed by atoms with E-state index >= 15 is 0 Å². The van der Waals surface area contributed by atoms with Gasteiger partial charge in [-0.05, 0) is 35.6 Å². The van der Waals surface area contributed by atoms with Gasteiger partial charge >= 0.3 is 6.18 Å². The van der Waals surface area contributed by atoms with E-state index in [2.05, 4.69) is 20.8 Å². The second-order valence-corrected chi connectivity index (χ2v) is 6.70. The van der Waals surface area contributed by atoms with Crippen LogP contribution in [0.15, 0.2) is 18.2 Å². The Hall–Kier alpha value is -1.16. The van der Waals surface area contributed by atoms with E-state index < -0.39 is 12.3 Å². The first-order valence-corrected chi connectivity index (χ1v) is 7.78. The molecule has 0 fully saturated rings. The molecule has 0 spiro atoms. The highest BCUT2D eigenvalue weighted by Gasteiger charge is 2.41. The van der Waals surface area contributed by atoms with Crippen LogP contribution in [0.1, 0.15) is 51.2 Å². The lowest BCUT2D eigenvalue weighted by Crippen LogP contribution is -2.34. The summed E-state index contributed by atoms with van der Waals surface area (Å²) in [5.74, 6) is 0.244. The van der Waals surface area contributed by atoms with Crippen molar-refractivity contribution in [3.63, 3.8) is 0 Å². The van der Waals surface area contributed by atoms with Crippen molar-refractivity contribution in [1.29, 1.82) is 0 Å². The summed E-state index contributed by atoms with van der Waals surface area (Å²) >= 11 is 6.34. The quantitative estimate of drug-likeness (QED) is 0.643. The normalized spacial score (nSPS) is 18.0. The second kappa shape index (κ2) is 6.15. The van der Waals surface area contributed by atoms with Crippen LogP contribution in [-0.2, 0) is 5.41 Å². The van der Waals surface area contributed by atoms with Gasteiger partial charge in [-0.1, -0.05) is 51.3 Å². The van der Waals surface area contributed by atoms with Crippen LogP contribution in [0, 0.1) is 0 Å². The minimum atomic E-state index is -4.41. The largest absolute Gasteiger partial charge is 0.476 e. The molecule has 1 atom stereocenters. The van der Waals surface area contributed by atoms with E-state index in [1.54, 1.807) is 12.1 Å². The van der Waals surface area contributed by atoms with Gasteiger partial charge in [-0.2, -0.15) is 13.2 Å². The fourth-order valence-corrected chi connectivity index (χ4v) is 3.04. The van der Waals surface area contributed by atoms with E-state index in [0.717, 1.165) is 30.9 Å². The lowest BCUT2D eigenvalue weighted by atomic mass is 9.79. The number of fused-ring (bicyclic) bond motifs is 1. The van der Waals surface area contributed by atoms with Gasteiger partial charge in [0.15, 0.2) is 0 Å². The van der Waals surface area contributed by atoms with Crippen LogP contribution < -0.4 is 4.74 Å². The maximum atomic E-state index is 12.8. The minimum absolute atomic E-state index is 0.208. The van der Waals surface area contributed by atoms with E-state index in [-0.39, 0.29) is 11.2 Å². The maximum Gasteiger partial charge on any atom is 0.429 e. The molecule has 5 heteroatoms. The van der Waals surface area contributed by atoms with Crippen LogP contribution in [0.5, 0.6) is 5.75 Å². The lowest BCUT2D eigenvalue weighted by Gasteiger charge is -2.29. The summed E-state index contributed by atoms with van der Waals surface area (Å²) in [4.78, 5) is 0. The van der Waals surface area contributed by atoms with Crippen LogP contribution in [-0.4, -0.2) is 12.3 Å². The molecule has 0 bridgehead atoms. The second-order valence-electron chi connectivity index (χ2n) is 6.30. The van der Waals surface area contributed by atoms with Gasteiger partial charge in [0.05, 0.1) is 0 Å². The van der Waals surface area contributed by atoms with Crippen LogP contribution in [0.2, 0.25) is 5.02 Å². The number of hydrogen-bond acceptors (Lipinski definition) is 1. The number of halogens is 4. The molecule has 0 amide bonds. The Balaban J connectivity index is 2.36. The average Bonchev–Trinajstić information content (AvgIpc) is 2.42. The first-order chi connectivity index (χ1) is 10.1. The standard InChI is InChI=1S/C17H20ClF3O/c1-4-5-8-16(2,3)12-10-14-11(9-13(12)18)6-7-15(22-14)17(19,20)21/h6-7,9-10,15H,4-5,8H2,1-3H3/t15-/m0/s1. The number of hydrogen-bond donors (Lipinski definition) is 0. The smallest absolute Gasteiger partial charge is 0.429 e. The zero-order valence-corrected chi connectivity index (χ0v) is 13.7. The molecule has 0 radical (unpaired) electrons. The molecule has 1 heterocycles. The summed E-state index contributed by atoms with van der Waals surface area (Å²) in [6.07, 6.45) is -0.862. The molecule has 1 aromatic rings. The molecule has 1 aromatic carbocycles. The molecule has 0 saturated carbocycles. The van der Waals surface area contributed by atoms with Gasteiger partial charge in [0, 0.05) is 10.6 Å². The molecule has 0 unspecified atom stereocenters. The van der Waals surface area contributed by atoms with Crippen molar-refractivity contribution in [3.05, 3.63) is 34.4 Å². The number of rotatable bonds is 4. The van der Waals surface area contributed by atoms with Crippen molar-refractivity contribution in [2.45, 2.75) is 57.7 Å². The molecule has 22 heavy (non-hydrogen) atoms. The Kier molecular flexibility index (Phi) is 4.81. The van der Waals surface area contributed by atoms with Gasteiger partial charge in [0.25, 0.3) is 0 Å². The maximum absolute atomic E-state index is 12.8. The summed E-state index contributed by atoms with van der Waals surface area (Å²) in [5, 5.41) is 0.568. The molecule has 1 aliphatic heterocycles. The van der Waals surface area contributed by atoms with Crippen LogP contribution in [0.25, 0.3) is 6.08 Å². The van der Waals surface area contributed by atoms with Gasteiger partial charge in [0.2, 0.25) is 6.10 Å². The van der Waals surface area contributed by atoms with E-state index in [1.165, 1.54) is 6.08 Å². The van der Waals surface area contributed by atoms with Crippen molar-refractivity contribution in [2.75, 3.05) is 0 Å². The molecule has 0 N–H and O–H groups in total. The lowest BCUT2D eigenvalue weighted by molar-refractivity contribution is -0.180. The molecule has 2 rings (SSSR count). The number of alkyl halides is 3. The van der Waals surface area contributed by atoms with Crippen molar-refractivity contribution in [1.82, 2.24) is 0 Å². The van der Waals surface area contributed by atoms with Gasteiger partial charge in [-0.15, -0.1) is 0 Å². The first kappa shape index (κ1) is 17.2. The highest BCUT2D eigenvalue weighted by molar-refractivity contribution is 6.31. The summed E-state index contributed by atoms with van der Waals surface area (Å²) in [7, 11) is 0. The molecule has 0 aromatic heterocycles. The SMILES string of the molecule is CCCCC(C)(C)c1cc2c(cc1Cl)C=C[C@@H](C(F)(F)F)O2. The zero-order valence-electron chi connectivity index (χ0n) is 12.9. The number of benzene rings is 1. The third-order valence-corrected chi connectivity index (χ3v) is 4.32. The van der Waals surface area contributed by atoms with Crippen molar-refractivity contribution >= 4 is 17.7 Å². The minimum Gasteiger partial charge on any atom is -0.476 e. The third kappa shape index (κ3) is 3.60. The average molecular weight is 333 g/mol. The highest BCUT2D eigenvalue weighted by atomic mass is 35.5. The number of ether oxygens (including phenoxy) is 1. The fourth-order valence-electron chi connectivity index (χ4n) is 2.62. The Morgan fingerprint density at radius 2 is 1.91 bits per heavy atom. The monoisotopic (exact) mass is 332 g/mol. The summed E-state index contributed by atoms with van der Waals surface area (Å²) < 4.78 is 43.6. The topological polar surface area (TPSA) is 9.23 Å². The predicted molar refractivity (Wildman–Crippen MR) is 83.5 cm³/mol. The molecule has 0 saturated heterocycles. The van der Waals surface area contributed by atoms with Crippen molar-refractivity contribution in [3.8, 4) is 5.75 Å². The summed E-state index contributed by atoms with van der Waals surface area (Å²) in [5.41, 5.74) is 1.21. The van der Waals surface area contributed by atoms with Gasteiger partial charge < -0.3 is 4.74 Å². The highest BCUT2D eigenvalue weighted by Crippen LogP contribution is 2.41. The van der Waals surface area contributed by atoms with Crippen molar-refractivity contribution in [2.24, 2.45) is 0 Å². The molecule has 1 nitrogen and oxygen atoms in total. The fraction of sp³-hybridized carbons (Fsp3) is 0.529. The van der Waals surface area contributed by atoms with Crippen molar-refractivity contribution < 1.29 is 17.9 Å². The Morgan fingerprint density at radius 1 is 1.23 bits per heavy atom. The summed E-state index contributed by atoms with van der Waals surface area (Å²) in [6, 6.07) is 3.35. The van der Waals surface area contributed by atoms with Crippen LogP contribution >= 0.6 is 11.6 Å². The molecular formula is C17H20ClF3O. The van der Waals surface area contributed by atoms with Gasteiger partial charge in [-0.25, -0.2) is 0 Å². The van der Waals surface area contributed by atoms with E-state index in [9.17, 15) is 13.2 Å². The summed E-state index contributed by atoms with van der Waals surface area (Å²) in [6.45, 7) is 6.21. The van der Waals surface area contributed by atoms with Crippen LogP contribution in [0.3, 0.4) is 0 Å². The number of unbranched alkanes of at least 4 members (excludes halogenated alkanes) is 1. The van der Waals surface area contributed by atoms with E-state index in [1.807, 2.05) is 0 Å². The van der Waals surface area contributed by atoms with Gasteiger partial charge in [-0.3, -0.25) is 0 Å².